The summed E-state index contributed by atoms with van der Waals surface area (Å²) in [5.41, 5.74) is 0. The molecule has 0 rings (SSSR count). The first-order valence-electron chi connectivity index (χ1n) is 1.20. The quantitative estimate of drug-likeness (QED) is 0.194. The standard InChI is InChI=1S/CN2O3S.H2O/c4-2-1(7)3(5)6;/h;1H2. The Bertz CT molecular complexity index is 121. The molecule has 0 aromatic heterocycles. The summed E-state index contributed by atoms with van der Waals surface area (Å²) in [5, 5.41) is 10.1. The molecule has 2 N–H and O–H groups in total. The first-order valence-corrected chi connectivity index (χ1v) is 1.61. The van der Waals surface area contributed by atoms with E-state index < -0.39 is 10.0 Å². The van der Waals surface area contributed by atoms with Crippen molar-refractivity contribution in [2.24, 2.45) is 5.18 Å². The second-order valence-corrected chi connectivity index (χ2v) is 0.996. The van der Waals surface area contributed by atoms with Crippen LogP contribution in [0.5, 0.6) is 0 Å². The van der Waals surface area contributed by atoms with E-state index in [9.17, 15) is 10.1 Å². The Morgan fingerprint density at radius 2 is 2.12 bits per heavy atom. The van der Waals surface area contributed by atoms with Crippen LogP contribution in [0.4, 0.5) is 0 Å². The van der Waals surface area contributed by atoms with E-state index >= 15 is 0 Å². The van der Waals surface area contributed by atoms with E-state index in [2.05, 4.69) is 12.2 Å². The van der Waals surface area contributed by atoms with Gasteiger partial charge in [-0.1, -0.05) is 0 Å². The molecule has 0 fully saturated rings. The molecule has 46 valence electrons. The Kier molecular flexibility index (Phi) is 5.33. The fraction of sp³-hybridized carbons (Fsp3) is 0. The van der Waals surface area contributed by atoms with E-state index in [1.165, 1.54) is 0 Å². The molecule has 0 saturated heterocycles. The Balaban J connectivity index is 0. The number of nitrogens with zero attached hydrogens (tertiary/aromatic N) is 2. The van der Waals surface area contributed by atoms with Crippen LogP contribution in [0.1, 0.15) is 0 Å². The Labute approximate surface area is 48.9 Å². The summed E-state index contributed by atoms with van der Waals surface area (Å²) in [5.74, 6) is 0. The number of nitro groups is 1. The van der Waals surface area contributed by atoms with Gasteiger partial charge in [0.15, 0.2) is 0 Å². The van der Waals surface area contributed by atoms with E-state index in [1.807, 2.05) is 5.18 Å². The van der Waals surface area contributed by atoms with Gasteiger partial charge in [-0.25, -0.2) is 0 Å². The van der Waals surface area contributed by atoms with Crippen LogP contribution in [0, 0.1) is 15.0 Å². The van der Waals surface area contributed by atoms with Crippen LogP contribution < -0.4 is 0 Å². The third kappa shape index (κ3) is 3.25. The molecule has 0 aliphatic rings. The number of nitroso groups, excluding NO2 is 1. The van der Waals surface area contributed by atoms with Crippen LogP contribution in [-0.2, 0) is 0 Å². The summed E-state index contributed by atoms with van der Waals surface area (Å²) < 4.78 is 0. The van der Waals surface area contributed by atoms with Crippen molar-refractivity contribution in [3.63, 3.8) is 0 Å². The molecule has 0 aromatic carbocycles. The van der Waals surface area contributed by atoms with Crippen molar-refractivity contribution in [3.8, 4) is 0 Å². The minimum atomic E-state index is -1.03. The molecule has 0 aliphatic heterocycles. The average molecular weight is 138 g/mol. The average Bonchev–Trinajstić information content (AvgIpc) is 1.65. The molecule has 0 aromatic rings. The maximum atomic E-state index is 9.30. The van der Waals surface area contributed by atoms with Crippen molar-refractivity contribution < 1.29 is 10.4 Å². The smallest absolute Gasteiger partial charge is 0.412 e. The molecule has 0 radical (unpaired) electrons. The highest BCUT2D eigenvalue weighted by Crippen LogP contribution is 1.76. The summed E-state index contributed by atoms with van der Waals surface area (Å²) in [4.78, 5) is 17.4. The molecule has 7 heteroatoms. The maximum Gasteiger partial charge on any atom is 0.482 e. The number of hydrogen-bond acceptors (Lipinski definition) is 4. The van der Waals surface area contributed by atoms with Gasteiger partial charge in [-0.2, -0.15) is 0 Å². The van der Waals surface area contributed by atoms with Gasteiger partial charge in [0, 0.05) is 12.2 Å². The topological polar surface area (TPSA) is 104 Å². The largest absolute Gasteiger partial charge is 0.482 e. The fourth-order valence-electron chi connectivity index (χ4n) is 0.0333. The van der Waals surface area contributed by atoms with Crippen molar-refractivity contribution in [2.75, 3.05) is 0 Å². The van der Waals surface area contributed by atoms with Crippen LogP contribution in [0.2, 0.25) is 0 Å². The summed E-state index contributed by atoms with van der Waals surface area (Å²) in [6, 6.07) is 0. The molecule has 0 heterocycles. The van der Waals surface area contributed by atoms with Gasteiger partial charge in [-0.05, 0) is 9.83 Å². The van der Waals surface area contributed by atoms with Gasteiger partial charge in [0.1, 0.15) is 0 Å². The molecule has 0 saturated carbocycles. The predicted octanol–water partition coefficient (Wildman–Crippen LogP) is -0.510. The number of hydrogen-bond donors (Lipinski definition) is 0. The van der Waals surface area contributed by atoms with Gasteiger partial charge in [0.25, 0.3) is 0 Å². The molecule has 0 unspecified atom stereocenters. The Morgan fingerprint density at radius 1 is 1.75 bits per heavy atom. The molecule has 0 aliphatic carbocycles. The van der Waals surface area contributed by atoms with Crippen LogP contribution in [0.25, 0.3) is 0 Å². The van der Waals surface area contributed by atoms with Crippen molar-refractivity contribution in [2.45, 2.75) is 0 Å². The van der Waals surface area contributed by atoms with E-state index in [0.29, 0.717) is 0 Å². The van der Waals surface area contributed by atoms with Gasteiger partial charge in [0.2, 0.25) is 5.18 Å². The van der Waals surface area contributed by atoms with Crippen molar-refractivity contribution >= 4 is 17.3 Å². The van der Waals surface area contributed by atoms with Crippen molar-refractivity contribution in [3.05, 3.63) is 15.0 Å². The molecule has 0 bridgehead atoms. The lowest BCUT2D eigenvalue weighted by molar-refractivity contribution is -0.347. The first kappa shape index (κ1) is 10.1. The van der Waals surface area contributed by atoms with Crippen LogP contribution in [0.15, 0.2) is 5.18 Å². The summed E-state index contributed by atoms with van der Waals surface area (Å²) >= 11 is 3.80. The van der Waals surface area contributed by atoms with Gasteiger partial charge in [-0.15, -0.1) is 0 Å². The third-order valence-electron chi connectivity index (χ3n) is 0.234. The van der Waals surface area contributed by atoms with Crippen molar-refractivity contribution in [1.29, 1.82) is 0 Å². The minimum absolute atomic E-state index is 0. The molecule has 0 spiro atoms. The number of rotatable bonds is 0. The van der Waals surface area contributed by atoms with Gasteiger partial charge >= 0.3 is 5.11 Å². The monoisotopic (exact) mass is 138 g/mol. The second kappa shape index (κ2) is 4.22. The van der Waals surface area contributed by atoms with E-state index in [-0.39, 0.29) is 5.48 Å². The van der Waals surface area contributed by atoms with Crippen LogP contribution >= 0.6 is 12.2 Å². The molecule has 0 atom stereocenters. The highest BCUT2D eigenvalue weighted by atomic mass is 32.1. The van der Waals surface area contributed by atoms with E-state index in [4.69, 9.17) is 4.91 Å². The molecular formula is CH2N2O4S. The fourth-order valence-corrected chi connectivity index (χ4v) is 0.0333. The minimum Gasteiger partial charge on any atom is -0.412 e. The first-order chi connectivity index (χ1) is 3.18. The summed E-state index contributed by atoms with van der Waals surface area (Å²) in [7, 11) is 0. The molecular weight excluding hydrogens is 136 g/mol. The zero-order chi connectivity index (χ0) is 5.86. The van der Waals surface area contributed by atoms with E-state index in [0.717, 1.165) is 0 Å². The van der Waals surface area contributed by atoms with Crippen LogP contribution in [-0.4, -0.2) is 15.5 Å². The zero-order valence-electron chi connectivity index (χ0n) is 3.53. The highest BCUT2D eigenvalue weighted by Gasteiger charge is 2.06. The molecule has 0 amide bonds. The van der Waals surface area contributed by atoms with Gasteiger partial charge < -0.3 is 15.6 Å². The van der Waals surface area contributed by atoms with Crippen LogP contribution in [0.3, 0.4) is 0 Å². The summed E-state index contributed by atoms with van der Waals surface area (Å²) in [6.07, 6.45) is 0. The SMILES string of the molecule is O.O=NC(=S)[N+](=O)[O-]. The van der Waals surface area contributed by atoms with Gasteiger partial charge in [0.05, 0.1) is 0 Å². The Hall–Kier alpha value is -0.950. The lowest BCUT2D eigenvalue weighted by Gasteiger charge is -1.78. The Morgan fingerprint density at radius 3 is 2.12 bits per heavy atom. The maximum absolute atomic E-state index is 9.30. The van der Waals surface area contributed by atoms with E-state index in [1.54, 1.807) is 0 Å². The summed E-state index contributed by atoms with van der Waals surface area (Å²) in [6.45, 7) is 0. The number of thiocarbonyl (C=S) groups is 1. The lowest BCUT2D eigenvalue weighted by Crippen LogP contribution is -2.02. The predicted molar refractivity (Wildman–Crippen MR) is 29.0 cm³/mol. The second-order valence-electron chi connectivity index (χ2n) is 0.631. The lowest BCUT2D eigenvalue weighted by atomic mass is 11.2. The normalized spacial score (nSPS) is 6.50. The zero-order valence-corrected chi connectivity index (χ0v) is 4.34. The molecule has 6 nitrogen and oxygen atoms in total. The van der Waals surface area contributed by atoms with Gasteiger partial charge in [-0.3, -0.25) is 0 Å². The molecule has 8 heavy (non-hydrogen) atoms. The van der Waals surface area contributed by atoms with Crippen molar-refractivity contribution in [1.82, 2.24) is 0 Å². The third-order valence-corrected chi connectivity index (χ3v) is 0.458. The highest BCUT2D eigenvalue weighted by molar-refractivity contribution is 7.79.